The Labute approximate surface area is 730 Å². The summed E-state index contributed by atoms with van der Waals surface area (Å²) in [5.41, 5.74) is 31.2. The predicted molar refractivity (Wildman–Crippen MR) is 493 cm³/mol. The molecule has 10 heterocycles. The van der Waals surface area contributed by atoms with Crippen LogP contribution < -0.4 is 17.2 Å². The minimum atomic E-state index is -0.702. The Morgan fingerprint density at radius 2 is 0.877 bits per heavy atom. The Morgan fingerprint density at radius 1 is 0.475 bits per heavy atom. The van der Waals surface area contributed by atoms with Crippen LogP contribution in [0.15, 0.2) is 183 Å². The van der Waals surface area contributed by atoms with Gasteiger partial charge in [-0.25, -0.2) is 19.7 Å². The zero-order valence-corrected chi connectivity index (χ0v) is 74.2. The standard InChI is InChI=1S/C21H22N2OS.C20H20N2OS.C19H16N4OS.C19H19N3OS.C18H19N5O/c1-5-7-15-8-6-9-16(10-15)18-11-19(25-14(18)3)17-12-20(22)23(4)21(24)13(17)2;1-4-6-14-7-5-8-15(9-14)16-10-18(24-12-16)17-11-19(21)22(3)20(23)13(17)2;1-4-12-5-13(10-20)7-14(6-12)15-8-16(25-11-15)19(2)9-17(24)23(3)18(21)22-19;1-4-6-13-7-5-8-14(9-13)15-10-16(24-12-15)19(2)11-17(23)22(3)18(20)21-19;1-4-6-13-7-5-8-15(9-13)23-12-14(11-20-23)18(2)10-16(24)22(3)17(19)21-18/h6,8-11,13,17,22H,12H2,1-4H3;5,7-10,12-13,17,21H,11H2,1-3H3;1,5-8,11H,9H2,2-3H3,(H2,21,22);5,7-10,12H,11H2,1-3H3,(H2,20,21);5,7-9,11-12H,10H2,1-3H3,(H2,19,21)/t2*13-,17+;2*19-;18-/m11000/s1. The number of amides is 5. The number of benzene rings is 5. The van der Waals surface area contributed by atoms with Crippen LogP contribution >= 0.6 is 45.3 Å². The fraction of sp³-hybridized carbons (Fsp3) is 0.278. The fourth-order valence-electron chi connectivity index (χ4n) is 14.7. The van der Waals surface area contributed by atoms with Crippen molar-refractivity contribution in [3.05, 3.63) is 231 Å². The molecule has 5 aliphatic rings. The van der Waals surface area contributed by atoms with E-state index in [0.29, 0.717) is 42.1 Å². The molecule has 2 fully saturated rings. The van der Waals surface area contributed by atoms with Crippen molar-refractivity contribution < 1.29 is 24.0 Å². The number of hydrogen-bond donors (Lipinski definition) is 5. The predicted octanol–water partition coefficient (Wildman–Crippen LogP) is 16.5. The van der Waals surface area contributed by atoms with Gasteiger partial charge in [-0.1, -0.05) is 85.9 Å². The molecule has 0 radical (unpaired) electrons. The van der Waals surface area contributed by atoms with E-state index in [-0.39, 0.29) is 83.9 Å². The number of aliphatic imine (C=N–C) groups is 3. The lowest BCUT2D eigenvalue weighted by molar-refractivity contribution is -0.132. The van der Waals surface area contributed by atoms with Gasteiger partial charge < -0.3 is 27.0 Å². The lowest BCUT2D eigenvalue weighted by Crippen LogP contribution is -2.47. The highest BCUT2D eigenvalue weighted by molar-refractivity contribution is 7.12. The van der Waals surface area contributed by atoms with E-state index in [2.05, 4.69) is 152 Å². The summed E-state index contributed by atoms with van der Waals surface area (Å²) >= 11 is 6.54. The van der Waals surface area contributed by atoms with Crippen LogP contribution in [0.5, 0.6) is 0 Å². The number of aryl methyl sites for hydroxylation is 1. The van der Waals surface area contributed by atoms with Crippen LogP contribution in [0.2, 0.25) is 0 Å². The number of nitrogens with zero attached hydrogens (tertiary/aromatic N) is 11. The highest BCUT2D eigenvalue weighted by Crippen LogP contribution is 2.45. The van der Waals surface area contributed by atoms with Crippen molar-refractivity contribution in [3.8, 4) is 116 Å². The molecule has 0 saturated carbocycles. The third-order valence-electron chi connectivity index (χ3n) is 22.1. The molecule has 5 amide bonds. The quantitative estimate of drug-likeness (QED) is 0.0806. The first-order chi connectivity index (χ1) is 58.1. The molecular formula is C97H96N16O5S4. The number of carbonyl (C=O) groups excluding carboxylic acids is 5. The van der Waals surface area contributed by atoms with E-state index in [9.17, 15) is 29.2 Å². The highest BCUT2D eigenvalue weighted by atomic mass is 32.1. The van der Waals surface area contributed by atoms with Crippen molar-refractivity contribution in [3.63, 3.8) is 0 Å². The summed E-state index contributed by atoms with van der Waals surface area (Å²) in [6.07, 6.45) is 11.2. The third-order valence-corrected chi connectivity index (χ3v) is 26.7. The van der Waals surface area contributed by atoms with Crippen molar-refractivity contribution in [2.75, 3.05) is 35.2 Å². The van der Waals surface area contributed by atoms with Crippen molar-refractivity contribution in [2.24, 2.45) is 44.0 Å². The van der Waals surface area contributed by atoms with Gasteiger partial charge in [0.25, 0.3) is 0 Å². The molecule has 122 heavy (non-hydrogen) atoms. The number of piperidine rings is 2. The molecule has 0 spiro atoms. The lowest BCUT2D eigenvalue weighted by Gasteiger charge is -2.34. The Hall–Kier alpha value is -13.5. The second-order valence-electron chi connectivity index (χ2n) is 30.8. The zero-order valence-electron chi connectivity index (χ0n) is 70.9. The summed E-state index contributed by atoms with van der Waals surface area (Å²) in [5.74, 6) is 28.0. The van der Waals surface area contributed by atoms with Crippen LogP contribution in [0.3, 0.4) is 0 Å². The Balaban J connectivity index is 0.000000149. The maximum absolute atomic E-state index is 12.4. The van der Waals surface area contributed by atoms with Gasteiger partial charge in [-0.2, -0.15) is 10.4 Å². The molecule has 7 atom stereocenters. The minimum absolute atomic E-state index is 0.0137. The second-order valence-corrected chi connectivity index (χ2v) is 34.8. The van der Waals surface area contributed by atoms with E-state index >= 15 is 0 Å². The summed E-state index contributed by atoms with van der Waals surface area (Å²) in [5, 5.41) is 35.9. The van der Waals surface area contributed by atoms with Gasteiger partial charge in [-0.3, -0.25) is 49.5 Å². The van der Waals surface area contributed by atoms with Crippen LogP contribution in [0, 0.1) is 101 Å². The molecule has 0 aliphatic carbocycles. The summed E-state index contributed by atoms with van der Waals surface area (Å²) in [4.78, 5) is 87.3. The molecule has 21 nitrogen and oxygen atoms in total. The largest absolute Gasteiger partial charge is 0.369 e. The molecule has 0 bridgehead atoms. The van der Waals surface area contributed by atoms with Crippen molar-refractivity contribution >= 4 is 104 Å². The fourth-order valence-corrected chi connectivity index (χ4v) is 19.1. The topological polar surface area (TPSA) is 306 Å². The van der Waals surface area contributed by atoms with Crippen LogP contribution in [-0.4, -0.2) is 129 Å². The van der Waals surface area contributed by atoms with Gasteiger partial charge in [0.2, 0.25) is 29.5 Å². The average molecular weight is 1690 g/mol. The summed E-state index contributed by atoms with van der Waals surface area (Å²) in [6.45, 7) is 19.1. The molecule has 8 N–H and O–H groups in total. The Bertz CT molecular complexity index is 6070. The summed E-state index contributed by atoms with van der Waals surface area (Å²) in [6, 6.07) is 48.3. The van der Waals surface area contributed by atoms with E-state index in [1.54, 1.807) is 99.2 Å². The van der Waals surface area contributed by atoms with Crippen LogP contribution in [0.4, 0.5) is 0 Å². The van der Waals surface area contributed by atoms with E-state index in [1.165, 1.54) is 56.0 Å². The first-order valence-electron chi connectivity index (χ1n) is 39.3. The van der Waals surface area contributed by atoms with E-state index < -0.39 is 16.6 Å². The minimum Gasteiger partial charge on any atom is -0.369 e. The number of guanidine groups is 3. The summed E-state index contributed by atoms with van der Waals surface area (Å²) < 4.78 is 1.76. The molecule has 10 aromatic rings. The lowest BCUT2D eigenvalue weighted by atomic mass is 9.84. The van der Waals surface area contributed by atoms with Gasteiger partial charge in [0.1, 0.15) is 22.7 Å². The number of terminal acetylenes is 1. The smallest absolute Gasteiger partial charge is 0.231 e. The second kappa shape index (κ2) is 38.3. The number of rotatable bonds is 10. The number of hydrogen-bond acceptors (Lipinski definition) is 19. The van der Waals surface area contributed by atoms with Gasteiger partial charge in [-0.05, 0) is 213 Å². The zero-order chi connectivity index (χ0) is 88.2. The number of nitriles is 1. The maximum atomic E-state index is 12.4. The number of thiophene rings is 4. The van der Waals surface area contributed by atoms with E-state index in [4.69, 9.17) is 34.4 Å². The molecule has 618 valence electrons. The van der Waals surface area contributed by atoms with Crippen molar-refractivity contribution in [2.45, 2.75) is 130 Å². The molecule has 25 heteroatoms. The SMILES string of the molecule is C#Cc1cc(C#N)cc(-c2csc([C@]3(C)CC(=O)N(C)C(N)=N3)c2)c1.CC#Cc1cccc(-c2cc([C@H]3CC(=N)N(C)C(=O)[C@@H]3C)sc2C)c1.CC#Cc1cccc(-c2csc([C@H]3CC(=N)N(C)C(=O)[C@@H]3C)c2)c1.CC#Cc1cccc(-c2csc([C@]3(C)CC(=O)N(C)C(N)=N3)c2)c1.CC#Cc1cccc(-n2cc([C@]3(C)CC(=O)N(C)C(N)=N3)cn2)c1. The molecule has 5 aromatic heterocycles. The number of nitrogens with one attached hydrogen (secondary N) is 2. The maximum Gasteiger partial charge on any atom is 0.231 e. The van der Waals surface area contributed by atoms with Crippen LogP contribution in [0.25, 0.3) is 50.2 Å². The normalized spacial score (nSPS) is 20.4. The first-order valence-corrected chi connectivity index (χ1v) is 42.7. The van der Waals surface area contributed by atoms with Crippen molar-refractivity contribution in [1.29, 1.82) is 16.1 Å². The third kappa shape index (κ3) is 20.2. The highest BCUT2D eigenvalue weighted by Gasteiger charge is 2.42. The number of aromatic nitrogens is 2. The van der Waals surface area contributed by atoms with Crippen LogP contribution in [0.1, 0.15) is 170 Å². The molecule has 5 aliphatic heterocycles. The van der Waals surface area contributed by atoms with Crippen molar-refractivity contribution in [1.82, 2.24) is 34.3 Å². The van der Waals surface area contributed by atoms with Gasteiger partial charge in [-0.15, -0.1) is 75.5 Å². The van der Waals surface area contributed by atoms with Crippen LogP contribution in [-0.2, 0) is 40.6 Å². The average Bonchev–Trinajstić information content (AvgIpc) is 1.84. The molecular weight excluding hydrogens is 1600 g/mol. The number of carbonyl (C=O) groups is 5. The monoisotopic (exact) mass is 1690 g/mol. The first kappa shape index (κ1) is 89.3. The van der Waals surface area contributed by atoms with Gasteiger partial charge in [0, 0.05) is 136 Å². The molecule has 5 aromatic carbocycles. The van der Waals surface area contributed by atoms with E-state index in [1.807, 2.05) is 140 Å². The van der Waals surface area contributed by atoms with Gasteiger partial charge in [0.15, 0.2) is 17.9 Å². The molecule has 2 saturated heterocycles. The van der Waals surface area contributed by atoms with Gasteiger partial charge >= 0.3 is 0 Å². The summed E-state index contributed by atoms with van der Waals surface area (Å²) in [7, 11) is 8.29. The molecule has 15 rings (SSSR count). The van der Waals surface area contributed by atoms with Gasteiger partial charge in [0.05, 0.1) is 48.3 Å². The Kier molecular flexibility index (Phi) is 28.0. The Morgan fingerprint density at radius 3 is 1.34 bits per heavy atom. The number of nitrogens with two attached hydrogens (primary N) is 3. The van der Waals surface area contributed by atoms with E-state index in [0.717, 1.165) is 82.2 Å². The number of likely N-dealkylation sites (tertiary alicyclic amines) is 2. The number of amidine groups is 2. The molecule has 0 unspecified atom stereocenters.